The van der Waals surface area contributed by atoms with Crippen molar-refractivity contribution in [3.63, 3.8) is 0 Å². The molecule has 1 atom stereocenters. The van der Waals surface area contributed by atoms with Crippen molar-refractivity contribution < 1.29 is 0 Å². The summed E-state index contributed by atoms with van der Waals surface area (Å²) >= 11 is 11.2. The van der Waals surface area contributed by atoms with Crippen LogP contribution in [0.15, 0.2) is 98.7 Å². The zero-order valence-corrected chi connectivity index (χ0v) is 25.1. The number of benzene rings is 3. The summed E-state index contributed by atoms with van der Waals surface area (Å²) in [5, 5.41) is 0.707. The minimum Gasteiger partial charge on any atom is -0.318 e. The molecule has 0 amide bonds. The van der Waals surface area contributed by atoms with Gasteiger partial charge in [0.25, 0.3) is 5.56 Å². The number of aryl methyl sites for hydroxylation is 2. The molecule has 1 aliphatic carbocycles. The first-order chi connectivity index (χ1) is 19.4. The Balaban J connectivity index is 1.43. The van der Waals surface area contributed by atoms with Crippen LogP contribution in [-0.2, 0) is 6.42 Å². The summed E-state index contributed by atoms with van der Waals surface area (Å²) in [6.45, 7) is 4.17. The Bertz CT molecular complexity index is 2010. The maximum absolute atomic E-state index is 14.1. The summed E-state index contributed by atoms with van der Waals surface area (Å²) < 4.78 is 5.80. The highest BCUT2D eigenvalue weighted by atomic mass is 79.9. The smallest absolute Gasteiger partial charge is 0.271 e. The van der Waals surface area contributed by atoms with Crippen molar-refractivity contribution in [2.75, 3.05) is 0 Å². The Morgan fingerprint density at radius 3 is 2.52 bits per heavy atom. The maximum atomic E-state index is 14.1. The normalized spacial score (nSPS) is 16.4. The van der Waals surface area contributed by atoms with Gasteiger partial charge >= 0.3 is 0 Å². The van der Waals surface area contributed by atoms with E-state index in [4.69, 9.17) is 16.6 Å². The van der Waals surface area contributed by atoms with Gasteiger partial charge in [-0.15, -0.1) is 0 Å². The molecule has 0 radical (unpaired) electrons. The molecule has 7 heteroatoms. The van der Waals surface area contributed by atoms with Crippen LogP contribution in [0, 0.1) is 13.8 Å². The molecule has 2 aromatic heterocycles. The van der Waals surface area contributed by atoms with Crippen molar-refractivity contribution >= 4 is 50.6 Å². The summed E-state index contributed by atoms with van der Waals surface area (Å²) in [5.41, 5.74) is 10.0. The highest BCUT2D eigenvalue weighted by Crippen LogP contribution is 2.41. The van der Waals surface area contributed by atoms with E-state index in [0.29, 0.717) is 9.55 Å². The van der Waals surface area contributed by atoms with Gasteiger partial charge in [0.15, 0.2) is 4.80 Å². The predicted octanol–water partition coefficient (Wildman–Crippen LogP) is 7.14. The van der Waals surface area contributed by atoms with Gasteiger partial charge in [0, 0.05) is 32.1 Å². The van der Waals surface area contributed by atoms with Gasteiger partial charge in [-0.2, -0.15) is 0 Å². The van der Waals surface area contributed by atoms with Crippen LogP contribution in [0.2, 0.25) is 5.02 Å². The maximum Gasteiger partial charge on any atom is 0.271 e. The van der Waals surface area contributed by atoms with Crippen molar-refractivity contribution in [2.45, 2.75) is 32.7 Å². The number of fused-ring (bicyclic) bond motifs is 3. The number of halogens is 2. The van der Waals surface area contributed by atoms with Crippen molar-refractivity contribution in [1.29, 1.82) is 0 Å². The van der Waals surface area contributed by atoms with Crippen LogP contribution in [0.25, 0.3) is 17.5 Å². The monoisotopic (exact) mass is 625 g/mol. The second-order valence-corrected chi connectivity index (χ2v) is 12.7. The van der Waals surface area contributed by atoms with E-state index in [9.17, 15) is 4.79 Å². The summed E-state index contributed by atoms with van der Waals surface area (Å²) in [6.07, 6.45) is 3.84. The molecule has 0 fully saturated rings. The van der Waals surface area contributed by atoms with Crippen molar-refractivity contribution in [2.24, 2.45) is 4.99 Å². The van der Waals surface area contributed by atoms with E-state index >= 15 is 0 Å². The Kier molecular flexibility index (Phi) is 6.30. The molecule has 5 aromatic rings. The summed E-state index contributed by atoms with van der Waals surface area (Å²) in [6, 6.07) is 26.6. The Morgan fingerprint density at radius 1 is 1.00 bits per heavy atom. The number of thiazole rings is 1. The molecule has 4 nitrogen and oxygen atoms in total. The van der Waals surface area contributed by atoms with E-state index in [1.54, 1.807) is 0 Å². The Morgan fingerprint density at radius 2 is 1.75 bits per heavy atom. The topological polar surface area (TPSA) is 39.3 Å². The third-order valence-electron chi connectivity index (χ3n) is 7.90. The quantitative estimate of drug-likeness (QED) is 0.210. The highest BCUT2D eigenvalue weighted by Gasteiger charge is 2.32. The van der Waals surface area contributed by atoms with E-state index in [1.165, 1.54) is 28.0 Å². The van der Waals surface area contributed by atoms with Gasteiger partial charge < -0.3 is 4.57 Å². The second-order valence-electron chi connectivity index (χ2n) is 10.3. The second kappa shape index (κ2) is 9.88. The predicted molar refractivity (Wildman–Crippen MR) is 167 cm³/mol. The van der Waals surface area contributed by atoms with Crippen LogP contribution >= 0.6 is 38.9 Å². The van der Waals surface area contributed by atoms with E-state index in [2.05, 4.69) is 76.8 Å². The average molecular weight is 627 g/mol. The number of rotatable bonds is 3. The first-order valence-corrected chi connectivity index (χ1v) is 15.2. The third kappa shape index (κ3) is 4.17. The molecule has 0 saturated carbocycles. The van der Waals surface area contributed by atoms with E-state index in [1.807, 2.05) is 47.0 Å². The number of hydrogen-bond donors (Lipinski definition) is 0. The van der Waals surface area contributed by atoms with Gasteiger partial charge in [-0.05, 0) is 97.5 Å². The summed E-state index contributed by atoms with van der Waals surface area (Å²) in [5.74, 6) is 0. The Hall–Kier alpha value is -3.45. The molecule has 3 aromatic carbocycles. The fraction of sp³-hybridized carbons (Fsp3) is 0.152. The van der Waals surface area contributed by atoms with E-state index in [-0.39, 0.29) is 11.6 Å². The largest absolute Gasteiger partial charge is 0.318 e. The fourth-order valence-corrected chi connectivity index (χ4v) is 7.41. The summed E-state index contributed by atoms with van der Waals surface area (Å²) in [7, 11) is 0. The third-order valence-corrected chi connectivity index (χ3v) is 9.66. The van der Waals surface area contributed by atoms with Crippen LogP contribution in [0.5, 0.6) is 0 Å². The number of aromatic nitrogens is 2. The van der Waals surface area contributed by atoms with E-state index < -0.39 is 0 Å². The van der Waals surface area contributed by atoms with Crippen molar-refractivity contribution in [3.8, 4) is 5.69 Å². The molecule has 3 heterocycles. The molecule has 40 heavy (non-hydrogen) atoms. The molecule has 7 rings (SSSR count). The minimum atomic E-state index is -0.184. The number of hydrogen-bond acceptors (Lipinski definition) is 3. The van der Waals surface area contributed by atoms with Crippen LogP contribution in [-0.4, -0.2) is 9.13 Å². The van der Waals surface area contributed by atoms with Gasteiger partial charge in [0.2, 0.25) is 0 Å². The minimum absolute atomic E-state index is 0.00151. The molecule has 0 saturated heterocycles. The summed E-state index contributed by atoms with van der Waals surface area (Å²) in [4.78, 5) is 20.0. The Labute approximate surface area is 249 Å². The highest BCUT2D eigenvalue weighted by molar-refractivity contribution is 9.10. The van der Waals surface area contributed by atoms with Crippen molar-refractivity contribution in [3.05, 3.63) is 147 Å². The zero-order chi connectivity index (χ0) is 27.5. The molecule has 2 aliphatic rings. The molecule has 0 unspecified atom stereocenters. The molecule has 0 spiro atoms. The molecule has 0 N–H and O–H groups in total. The lowest BCUT2D eigenvalue weighted by Gasteiger charge is -2.30. The van der Waals surface area contributed by atoms with E-state index in [0.717, 1.165) is 56.0 Å². The first kappa shape index (κ1) is 25.5. The standard InChI is InChI=1S/C33H25BrClN3OS/c1-19-17-23(20(2)37(19)26-14-12-25(35)13-15-26)18-29-32(39)38-31(22-7-10-24(34)11-8-22)28-16-9-21-5-3-4-6-27(21)30(28)36-33(38)40-29/h3-8,10-15,17-18,31H,9,16H2,1-2H3/t31-/m1/s1. The van der Waals surface area contributed by atoms with Crippen LogP contribution in [0.4, 0.5) is 0 Å². The molecule has 198 valence electrons. The first-order valence-electron chi connectivity index (χ1n) is 13.2. The van der Waals surface area contributed by atoms with Gasteiger partial charge in [0.05, 0.1) is 16.3 Å². The molecular weight excluding hydrogens is 602 g/mol. The molecule has 0 bridgehead atoms. The van der Waals surface area contributed by atoms with Gasteiger partial charge in [-0.1, -0.05) is 75.3 Å². The van der Waals surface area contributed by atoms with Crippen LogP contribution < -0.4 is 14.9 Å². The van der Waals surface area contributed by atoms with Crippen LogP contribution in [0.3, 0.4) is 0 Å². The zero-order valence-electron chi connectivity index (χ0n) is 22.0. The van der Waals surface area contributed by atoms with Gasteiger partial charge in [-0.25, -0.2) is 4.99 Å². The average Bonchev–Trinajstić information content (AvgIpc) is 3.42. The lowest BCUT2D eigenvalue weighted by atomic mass is 9.83. The molecule has 1 aliphatic heterocycles. The lowest BCUT2D eigenvalue weighted by molar-refractivity contribution is 0.585. The fourth-order valence-electron chi connectivity index (χ4n) is 6.03. The van der Waals surface area contributed by atoms with Crippen molar-refractivity contribution in [1.82, 2.24) is 9.13 Å². The number of nitrogens with zero attached hydrogens (tertiary/aromatic N) is 3. The van der Waals surface area contributed by atoms with Gasteiger partial charge in [0.1, 0.15) is 0 Å². The SMILES string of the molecule is Cc1cc(C=c2sc3n(c2=O)[C@H](c2ccc(Br)cc2)C2=C(N=3)c3ccccc3CC2)c(C)n1-c1ccc(Cl)cc1. The lowest BCUT2D eigenvalue weighted by Crippen LogP contribution is -2.38. The van der Waals surface area contributed by atoms with Gasteiger partial charge in [-0.3, -0.25) is 9.36 Å². The van der Waals surface area contributed by atoms with Crippen LogP contribution in [0.1, 0.15) is 46.1 Å². The number of allylic oxidation sites excluding steroid dienone is 1. The molecular formula is C33H25BrClN3OS.